The molecule has 1 aromatic carbocycles. The molecule has 0 aliphatic rings. The van der Waals surface area contributed by atoms with Crippen LogP contribution in [0.1, 0.15) is 11.4 Å². The second-order valence-electron chi connectivity index (χ2n) is 3.01. The van der Waals surface area contributed by atoms with E-state index in [1.54, 1.807) is 11.3 Å². The summed E-state index contributed by atoms with van der Waals surface area (Å²) in [5, 5.41) is 1.18. The number of aryl methyl sites for hydroxylation is 1. The van der Waals surface area contributed by atoms with E-state index >= 15 is 0 Å². The molecular formula is C10H9BrClNS. The van der Waals surface area contributed by atoms with E-state index in [1.165, 1.54) is 9.71 Å². The summed E-state index contributed by atoms with van der Waals surface area (Å²) in [6.45, 7) is 0. The van der Waals surface area contributed by atoms with E-state index in [0.717, 1.165) is 22.8 Å². The highest BCUT2D eigenvalue weighted by molar-refractivity contribution is 9.10. The standard InChI is InChI=1S/C10H9BrClNS/c11-7-3-4-9-8(6-7)13-10(14-9)2-1-5-12/h3-4,6H,1-2,5H2. The van der Waals surface area contributed by atoms with Crippen molar-refractivity contribution in [2.75, 3.05) is 5.88 Å². The summed E-state index contributed by atoms with van der Waals surface area (Å²) in [5.74, 6) is 0.708. The van der Waals surface area contributed by atoms with Crippen molar-refractivity contribution in [3.05, 3.63) is 27.7 Å². The van der Waals surface area contributed by atoms with Gasteiger partial charge in [-0.05, 0) is 24.6 Å². The molecule has 1 nitrogen and oxygen atoms in total. The summed E-state index contributed by atoms with van der Waals surface area (Å²) in [4.78, 5) is 4.54. The van der Waals surface area contributed by atoms with E-state index in [4.69, 9.17) is 11.6 Å². The molecule has 14 heavy (non-hydrogen) atoms. The number of thiazole rings is 1. The van der Waals surface area contributed by atoms with Gasteiger partial charge in [0.2, 0.25) is 0 Å². The molecule has 0 amide bonds. The summed E-state index contributed by atoms with van der Waals surface area (Å²) in [7, 11) is 0. The fourth-order valence-corrected chi connectivity index (χ4v) is 2.75. The first-order valence-electron chi connectivity index (χ1n) is 4.40. The van der Waals surface area contributed by atoms with Crippen LogP contribution in [0, 0.1) is 0 Å². The highest BCUT2D eigenvalue weighted by Gasteiger charge is 2.03. The maximum atomic E-state index is 5.64. The molecule has 2 aromatic rings. The van der Waals surface area contributed by atoms with Gasteiger partial charge in [0.25, 0.3) is 0 Å². The quantitative estimate of drug-likeness (QED) is 0.771. The molecule has 0 fully saturated rings. The van der Waals surface area contributed by atoms with Gasteiger partial charge < -0.3 is 0 Å². The molecule has 74 valence electrons. The number of fused-ring (bicyclic) bond motifs is 1. The van der Waals surface area contributed by atoms with Crippen LogP contribution in [0.15, 0.2) is 22.7 Å². The van der Waals surface area contributed by atoms with E-state index in [-0.39, 0.29) is 0 Å². The topological polar surface area (TPSA) is 12.9 Å². The number of rotatable bonds is 3. The largest absolute Gasteiger partial charge is 0.241 e. The number of nitrogens with zero attached hydrogens (tertiary/aromatic N) is 1. The highest BCUT2D eigenvalue weighted by Crippen LogP contribution is 2.25. The molecule has 1 heterocycles. The number of hydrogen-bond acceptors (Lipinski definition) is 2. The van der Waals surface area contributed by atoms with Gasteiger partial charge in [-0.25, -0.2) is 4.98 Å². The van der Waals surface area contributed by atoms with Crippen molar-refractivity contribution >= 4 is 49.1 Å². The monoisotopic (exact) mass is 289 g/mol. The van der Waals surface area contributed by atoms with Crippen molar-refractivity contribution in [1.29, 1.82) is 0 Å². The number of hydrogen-bond donors (Lipinski definition) is 0. The summed E-state index contributed by atoms with van der Waals surface area (Å²) in [5.41, 5.74) is 1.08. The van der Waals surface area contributed by atoms with Crippen LogP contribution in [0.3, 0.4) is 0 Å². The van der Waals surface area contributed by atoms with Crippen molar-refractivity contribution in [2.24, 2.45) is 0 Å². The third kappa shape index (κ3) is 2.27. The zero-order valence-electron chi connectivity index (χ0n) is 7.46. The minimum atomic E-state index is 0.708. The van der Waals surface area contributed by atoms with Gasteiger partial charge in [0.05, 0.1) is 15.2 Å². The molecule has 4 heteroatoms. The lowest BCUT2D eigenvalue weighted by atomic mass is 10.3. The van der Waals surface area contributed by atoms with Gasteiger partial charge in [0, 0.05) is 16.8 Å². The Bertz CT molecular complexity index is 441. The van der Waals surface area contributed by atoms with E-state index in [2.05, 4.69) is 33.0 Å². The van der Waals surface area contributed by atoms with Crippen LogP contribution in [0.5, 0.6) is 0 Å². The number of aromatic nitrogens is 1. The van der Waals surface area contributed by atoms with Crippen molar-refractivity contribution in [3.63, 3.8) is 0 Å². The average molecular weight is 291 g/mol. The number of alkyl halides is 1. The molecule has 0 radical (unpaired) electrons. The van der Waals surface area contributed by atoms with Crippen LogP contribution < -0.4 is 0 Å². The van der Waals surface area contributed by atoms with Gasteiger partial charge in [-0.3, -0.25) is 0 Å². The maximum Gasteiger partial charge on any atom is 0.0939 e. The normalized spacial score (nSPS) is 11.0. The molecule has 0 saturated carbocycles. The predicted molar refractivity (Wildman–Crippen MR) is 66.4 cm³/mol. The summed E-state index contributed by atoms with van der Waals surface area (Å²) < 4.78 is 2.33. The van der Waals surface area contributed by atoms with Crippen LogP contribution in [0.2, 0.25) is 0 Å². The summed E-state index contributed by atoms with van der Waals surface area (Å²) in [6, 6.07) is 6.20. The van der Waals surface area contributed by atoms with Crippen LogP contribution in [0.4, 0.5) is 0 Å². The van der Waals surface area contributed by atoms with Gasteiger partial charge in [-0.1, -0.05) is 15.9 Å². The molecule has 0 spiro atoms. The second kappa shape index (κ2) is 4.60. The molecule has 0 saturated heterocycles. The highest BCUT2D eigenvalue weighted by atomic mass is 79.9. The first-order chi connectivity index (χ1) is 6.79. The Hall–Kier alpha value is -0.120. The van der Waals surface area contributed by atoms with Crippen molar-refractivity contribution < 1.29 is 0 Å². The van der Waals surface area contributed by atoms with Crippen molar-refractivity contribution in [2.45, 2.75) is 12.8 Å². The molecular weight excluding hydrogens is 282 g/mol. The fraction of sp³-hybridized carbons (Fsp3) is 0.300. The van der Waals surface area contributed by atoms with Crippen LogP contribution in [-0.4, -0.2) is 10.9 Å². The first-order valence-corrected chi connectivity index (χ1v) is 6.55. The first kappa shape index (κ1) is 10.4. The number of benzene rings is 1. The third-order valence-corrected chi connectivity index (χ3v) is 3.77. The van der Waals surface area contributed by atoms with Crippen molar-refractivity contribution in [1.82, 2.24) is 4.98 Å². The lowest BCUT2D eigenvalue weighted by Gasteiger charge is -1.88. The van der Waals surface area contributed by atoms with E-state index in [1.807, 2.05) is 6.07 Å². The smallest absolute Gasteiger partial charge is 0.0939 e. The lowest BCUT2D eigenvalue weighted by molar-refractivity contribution is 0.919. The Kier molecular flexibility index (Phi) is 3.42. The number of halogens is 2. The van der Waals surface area contributed by atoms with Gasteiger partial charge in [-0.2, -0.15) is 0 Å². The SMILES string of the molecule is ClCCCc1nc2cc(Br)ccc2s1. The molecule has 0 aliphatic carbocycles. The zero-order chi connectivity index (χ0) is 9.97. The maximum absolute atomic E-state index is 5.64. The van der Waals surface area contributed by atoms with E-state index in [0.29, 0.717) is 5.88 Å². The van der Waals surface area contributed by atoms with Crippen LogP contribution in [-0.2, 0) is 6.42 Å². The Labute approximate surface area is 100 Å². The minimum Gasteiger partial charge on any atom is -0.241 e. The molecule has 0 unspecified atom stereocenters. The van der Waals surface area contributed by atoms with E-state index in [9.17, 15) is 0 Å². The summed E-state index contributed by atoms with van der Waals surface area (Å²) >= 11 is 10.8. The van der Waals surface area contributed by atoms with Gasteiger partial charge in [-0.15, -0.1) is 22.9 Å². The van der Waals surface area contributed by atoms with Gasteiger partial charge >= 0.3 is 0 Å². The van der Waals surface area contributed by atoms with E-state index < -0.39 is 0 Å². The fourth-order valence-electron chi connectivity index (χ4n) is 1.27. The molecule has 2 rings (SSSR count). The lowest BCUT2D eigenvalue weighted by Crippen LogP contribution is -1.83. The van der Waals surface area contributed by atoms with Gasteiger partial charge in [0.1, 0.15) is 0 Å². The van der Waals surface area contributed by atoms with Crippen LogP contribution >= 0.6 is 38.9 Å². The molecule has 0 N–H and O–H groups in total. The Balaban J connectivity index is 2.32. The minimum absolute atomic E-state index is 0.708. The Morgan fingerprint density at radius 1 is 1.43 bits per heavy atom. The second-order valence-corrected chi connectivity index (χ2v) is 5.42. The molecule has 0 bridgehead atoms. The molecule has 0 aliphatic heterocycles. The molecule has 0 atom stereocenters. The molecule has 1 aromatic heterocycles. The summed E-state index contributed by atoms with van der Waals surface area (Å²) in [6.07, 6.45) is 1.99. The van der Waals surface area contributed by atoms with Gasteiger partial charge in [0.15, 0.2) is 0 Å². The Morgan fingerprint density at radius 2 is 2.29 bits per heavy atom. The van der Waals surface area contributed by atoms with Crippen LogP contribution in [0.25, 0.3) is 10.2 Å². The Morgan fingerprint density at radius 3 is 3.07 bits per heavy atom. The zero-order valence-corrected chi connectivity index (χ0v) is 10.6. The third-order valence-electron chi connectivity index (χ3n) is 1.92. The average Bonchev–Trinajstić information content (AvgIpc) is 2.56. The predicted octanol–water partition coefficient (Wildman–Crippen LogP) is 4.23. The van der Waals surface area contributed by atoms with Crippen molar-refractivity contribution in [3.8, 4) is 0 Å².